The van der Waals surface area contributed by atoms with E-state index in [1.165, 1.54) is 11.0 Å². The van der Waals surface area contributed by atoms with Gasteiger partial charge < -0.3 is 15.8 Å². The van der Waals surface area contributed by atoms with Crippen molar-refractivity contribution < 1.29 is 18.3 Å². The van der Waals surface area contributed by atoms with Crippen LogP contribution in [0.15, 0.2) is 6.07 Å². The average Bonchev–Trinajstić information content (AvgIpc) is 2.56. The van der Waals surface area contributed by atoms with E-state index in [1.807, 2.05) is 0 Å². The fourth-order valence-electron chi connectivity index (χ4n) is 3.68. The van der Waals surface area contributed by atoms with Crippen LogP contribution in [0.2, 0.25) is 0 Å². The minimum absolute atomic E-state index is 0.142. The Morgan fingerprint density at radius 3 is 2.77 bits per heavy atom. The Morgan fingerprint density at radius 1 is 1.35 bits per heavy atom. The predicted molar refractivity (Wildman–Crippen MR) is 94.9 cm³/mol. The van der Waals surface area contributed by atoms with Crippen LogP contribution in [0, 0.1) is 11.6 Å². The minimum Gasteiger partial charge on any atom is -0.444 e. The van der Waals surface area contributed by atoms with Crippen LogP contribution in [-0.2, 0) is 17.6 Å². The molecule has 1 aliphatic carbocycles. The Balaban J connectivity index is 1.96. The van der Waals surface area contributed by atoms with Crippen molar-refractivity contribution in [3.63, 3.8) is 0 Å². The highest BCUT2D eigenvalue weighted by atomic mass is 19.1. The first kappa shape index (κ1) is 19.0. The zero-order valence-corrected chi connectivity index (χ0v) is 15.6. The maximum Gasteiger partial charge on any atom is 0.410 e. The standard InChI is InChI=1S/C19H27F2N3O2/c1-19(2,3)26-18(25)24-7-6-23-10-16(24)14-9-15(20)13-8-11(22)4-5-12(13)17(14)21/h9,11,16,23H,4-8,10,22H2,1-3H3. The molecule has 2 unspecified atom stereocenters. The van der Waals surface area contributed by atoms with E-state index in [0.29, 0.717) is 50.0 Å². The van der Waals surface area contributed by atoms with Crippen molar-refractivity contribution in [3.05, 3.63) is 34.4 Å². The molecule has 0 radical (unpaired) electrons. The monoisotopic (exact) mass is 367 g/mol. The van der Waals surface area contributed by atoms with Gasteiger partial charge in [-0.2, -0.15) is 0 Å². The van der Waals surface area contributed by atoms with Gasteiger partial charge in [0.1, 0.15) is 17.2 Å². The number of nitrogens with zero attached hydrogens (tertiary/aromatic N) is 1. The zero-order chi connectivity index (χ0) is 19.1. The van der Waals surface area contributed by atoms with Crippen LogP contribution < -0.4 is 11.1 Å². The lowest BCUT2D eigenvalue weighted by atomic mass is 9.85. The van der Waals surface area contributed by atoms with Gasteiger partial charge in [-0.15, -0.1) is 0 Å². The summed E-state index contributed by atoms with van der Waals surface area (Å²) in [6.45, 7) is 6.66. The molecule has 2 atom stereocenters. The Kier molecular flexibility index (Phi) is 5.21. The van der Waals surface area contributed by atoms with Crippen molar-refractivity contribution in [1.82, 2.24) is 10.2 Å². The van der Waals surface area contributed by atoms with E-state index in [4.69, 9.17) is 10.5 Å². The first-order valence-corrected chi connectivity index (χ1v) is 9.13. The molecule has 3 rings (SSSR count). The molecule has 0 bridgehead atoms. The van der Waals surface area contributed by atoms with E-state index < -0.39 is 29.4 Å². The molecule has 26 heavy (non-hydrogen) atoms. The van der Waals surface area contributed by atoms with Crippen LogP contribution in [0.5, 0.6) is 0 Å². The van der Waals surface area contributed by atoms with Crippen molar-refractivity contribution in [3.8, 4) is 0 Å². The molecule has 1 aromatic carbocycles. The molecule has 2 aliphatic rings. The number of ether oxygens (including phenoxy) is 1. The third-order valence-corrected chi connectivity index (χ3v) is 4.92. The highest BCUT2D eigenvalue weighted by Crippen LogP contribution is 2.34. The summed E-state index contributed by atoms with van der Waals surface area (Å²) in [5.41, 5.74) is 6.23. The second-order valence-corrected chi connectivity index (χ2v) is 8.12. The Bertz CT molecular complexity index is 703. The summed E-state index contributed by atoms with van der Waals surface area (Å²) in [5.74, 6) is -0.864. The summed E-state index contributed by atoms with van der Waals surface area (Å²) in [6.07, 6.45) is 0.881. The van der Waals surface area contributed by atoms with E-state index in [2.05, 4.69) is 5.32 Å². The molecule has 0 aromatic heterocycles. The Hall–Kier alpha value is -1.73. The van der Waals surface area contributed by atoms with Gasteiger partial charge in [0.25, 0.3) is 0 Å². The van der Waals surface area contributed by atoms with Crippen LogP contribution in [0.3, 0.4) is 0 Å². The van der Waals surface area contributed by atoms with Gasteiger partial charge in [-0.1, -0.05) is 0 Å². The number of carbonyl (C=O) groups excluding carboxylic acids is 1. The number of rotatable bonds is 1. The molecule has 0 saturated carbocycles. The molecule has 7 heteroatoms. The summed E-state index contributed by atoms with van der Waals surface area (Å²) in [7, 11) is 0. The molecule has 1 aromatic rings. The van der Waals surface area contributed by atoms with Crippen LogP contribution in [0.25, 0.3) is 0 Å². The van der Waals surface area contributed by atoms with Crippen molar-refractivity contribution in [2.75, 3.05) is 19.6 Å². The highest BCUT2D eigenvalue weighted by Gasteiger charge is 2.35. The first-order chi connectivity index (χ1) is 12.2. The van der Waals surface area contributed by atoms with Gasteiger partial charge in [-0.25, -0.2) is 13.6 Å². The average molecular weight is 367 g/mol. The molecular weight excluding hydrogens is 340 g/mol. The van der Waals surface area contributed by atoms with Gasteiger partial charge in [-0.05, 0) is 57.2 Å². The number of hydrogen-bond acceptors (Lipinski definition) is 4. The lowest BCUT2D eigenvalue weighted by Gasteiger charge is -2.38. The van der Waals surface area contributed by atoms with Gasteiger partial charge in [-0.3, -0.25) is 4.90 Å². The summed E-state index contributed by atoms with van der Waals surface area (Å²) in [5, 5.41) is 3.16. The van der Waals surface area contributed by atoms with E-state index in [9.17, 15) is 9.18 Å². The first-order valence-electron chi connectivity index (χ1n) is 9.13. The number of nitrogens with two attached hydrogens (primary N) is 1. The quantitative estimate of drug-likeness (QED) is 0.801. The molecule has 3 N–H and O–H groups in total. The van der Waals surface area contributed by atoms with Crippen LogP contribution in [-0.4, -0.2) is 42.3 Å². The molecular formula is C19H27F2N3O2. The fourth-order valence-corrected chi connectivity index (χ4v) is 3.68. The van der Waals surface area contributed by atoms with Gasteiger partial charge in [0.2, 0.25) is 0 Å². The summed E-state index contributed by atoms with van der Waals surface area (Å²) < 4.78 is 35.3. The summed E-state index contributed by atoms with van der Waals surface area (Å²) >= 11 is 0. The van der Waals surface area contributed by atoms with Crippen molar-refractivity contribution in [2.45, 2.75) is 57.7 Å². The number of fused-ring (bicyclic) bond motifs is 1. The van der Waals surface area contributed by atoms with Crippen molar-refractivity contribution in [1.29, 1.82) is 0 Å². The van der Waals surface area contributed by atoms with Crippen LogP contribution in [0.1, 0.15) is 49.9 Å². The van der Waals surface area contributed by atoms with E-state index >= 15 is 4.39 Å². The number of nitrogens with one attached hydrogen (secondary N) is 1. The van der Waals surface area contributed by atoms with Gasteiger partial charge in [0.05, 0.1) is 6.04 Å². The second kappa shape index (κ2) is 7.12. The molecule has 1 fully saturated rings. The molecule has 5 nitrogen and oxygen atoms in total. The highest BCUT2D eigenvalue weighted by molar-refractivity contribution is 5.69. The lowest BCUT2D eigenvalue weighted by molar-refractivity contribution is 0.0114. The van der Waals surface area contributed by atoms with Crippen molar-refractivity contribution >= 4 is 6.09 Å². The lowest BCUT2D eigenvalue weighted by Crippen LogP contribution is -2.50. The van der Waals surface area contributed by atoms with Crippen LogP contribution in [0.4, 0.5) is 13.6 Å². The Morgan fingerprint density at radius 2 is 2.08 bits per heavy atom. The van der Waals surface area contributed by atoms with E-state index in [1.54, 1.807) is 20.8 Å². The predicted octanol–water partition coefficient (Wildman–Crippen LogP) is 2.66. The third-order valence-electron chi connectivity index (χ3n) is 4.92. The zero-order valence-electron chi connectivity index (χ0n) is 15.6. The summed E-state index contributed by atoms with van der Waals surface area (Å²) in [6, 6.07) is 0.479. The molecule has 0 spiro atoms. The topological polar surface area (TPSA) is 67.6 Å². The number of hydrogen-bond donors (Lipinski definition) is 2. The minimum atomic E-state index is -0.651. The largest absolute Gasteiger partial charge is 0.444 e. The van der Waals surface area contributed by atoms with Crippen molar-refractivity contribution in [2.24, 2.45) is 5.73 Å². The second-order valence-electron chi connectivity index (χ2n) is 8.12. The Labute approximate surface area is 152 Å². The van der Waals surface area contributed by atoms with Gasteiger partial charge >= 0.3 is 6.09 Å². The molecule has 1 heterocycles. The number of amides is 1. The SMILES string of the molecule is CC(C)(C)OC(=O)N1CCNCC1c1cc(F)c2c(c1F)CCC(N)C2. The molecule has 144 valence electrons. The van der Waals surface area contributed by atoms with E-state index in [0.717, 1.165) is 0 Å². The number of halogens is 2. The smallest absolute Gasteiger partial charge is 0.410 e. The van der Waals surface area contributed by atoms with Crippen LogP contribution >= 0.6 is 0 Å². The molecule has 1 saturated heterocycles. The number of benzene rings is 1. The maximum atomic E-state index is 15.2. The maximum absolute atomic E-state index is 15.2. The number of piperazine rings is 1. The van der Waals surface area contributed by atoms with E-state index in [-0.39, 0.29) is 11.6 Å². The van der Waals surface area contributed by atoms with Gasteiger partial charge in [0.15, 0.2) is 0 Å². The summed E-state index contributed by atoms with van der Waals surface area (Å²) in [4.78, 5) is 14.1. The van der Waals surface area contributed by atoms with Gasteiger partial charge in [0, 0.05) is 31.2 Å². The normalized spacial score (nSPS) is 23.5. The fraction of sp³-hybridized carbons (Fsp3) is 0.632. The number of carbonyl (C=O) groups is 1. The molecule has 1 aliphatic heterocycles. The molecule has 1 amide bonds. The third kappa shape index (κ3) is 3.83.